The van der Waals surface area contributed by atoms with Crippen molar-refractivity contribution < 1.29 is 0 Å². The molecule has 0 radical (unpaired) electrons. The molecule has 0 bridgehead atoms. The van der Waals surface area contributed by atoms with Crippen molar-refractivity contribution in [3.8, 4) is 0 Å². The van der Waals surface area contributed by atoms with E-state index in [9.17, 15) is 0 Å². The van der Waals surface area contributed by atoms with E-state index in [1.807, 2.05) is 25.1 Å². The molecule has 0 aliphatic carbocycles. The number of fused-ring (bicyclic) bond motifs is 1. The van der Waals surface area contributed by atoms with E-state index in [0.717, 1.165) is 59.8 Å². The number of benzene rings is 2. The molecule has 5 nitrogen and oxygen atoms in total. The van der Waals surface area contributed by atoms with E-state index < -0.39 is 0 Å². The van der Waals surface area contributed by atoms with Gasteiger partial charge in [0.2, 0.25) is 0 Å². The molecule has 2 aromatic carbocycles. The predicted molar refractivity (Wildman–Crippen MR) is 110 cm³/mol. The van der Waals surface area contributed by atoms with Crippen molar-refractivity contribution in [2.24, 2.45) is 0 Å². The second kappa shape index (κ2) is 6.84. The molecule has 2 heterocycles. The number of anilines is 4. The summed E-state index contributed by atoms with van der Waals surface area (Å²) in [5, 5.41) is 5.54. The van der Waals surface area contributed by atoms with E-state index in [1.165, 1.54) is 5.69 Å². The molecule has 4 rings (SSSR count). The average molecular weight is 347 g/mol. The Morgan fingerprint density at radius 3 is 2.42 bits per heavy atom. The number of aromatic nitrogens is 1. The minimum atomic E-state index is 0.779. The molecule has 0 unspecified atom stereocenters. The molecule has 1 aliphatic rings. The standard InChI is InChI=1S/C21H25N5/c1-15-14-19-18(4-3-5-20(19)22)21(23-15)24-16-6-8-17(9-7-16)26-12-10-25(2)11-13-26/h3-9,14H,10-13,22H2,1-2H3,(H,23,24). The maximum absolute atomic E-state index is 6.14. The number of hydrogen-bond donors (Lipinski definition) is 2. The van der Waals surface area contributed by atoms with Crippen LogP contribution in [0.1, 0.15) is 5.69 Å². The van der Waals surface area contributed by atoms with Gasteiger partial charge in [-0.2, -0.15) is 0 Å². The number of piperazine rings is 1. The van der Waals surface area contributed by atoms with E-state index >= 15 is 0 Å². The minimum Gasteiger partial charge on any atom is -0.398 e. The summed E-state index contributed by atoms with van der Waals surface area (Å²) >= 11 is 0. The molecule has 1 fully saturated rings. The molecule has 0 atom stereocenters. The lowest BCUT2D eigenvalue weighted by Crippen LogP contribution is -2.44. The number of aryl methyl sites for hydroxylation is 1. The van der Waals surface area contributed by atoms with Crippen molar-refractivity contribution in [1.82, 2.24) is 9.88 Å². The highest BCUT2D eigenvalue weighted by Crippen LogP contribution is 2.29. The topological polar surface area (TPSA) is 57.4 Å². The first-order valence-corrected chi connectivity index (χ1v) is 9.06. The van der Waals surface area contributed by atoms with Crippen LogP contribution in [-0.2, 0) is 0 Å². The third kappa shape index (κ3) is 3.30. The first-order chi connectivity index (χ1) is 12.6. The molecule has 0 spiro atoms. The molecule has 3 aromatic rings. The molecule has 0 saturated carbocycles. The molecule has 1 aromatic heterocycles. The van der Waals surface area contributed by atoms with E-state index in [1.54, 1.807) is 0 Å². The first kappa shape index (κ1) is 16.7. The predicted octanol–water partition coefficient (Wildman–Crippen LogP) is 3.62. The third-order valence-electron chi connectivity index (χ3n) is 5.03. The zero-order valence-electron chi connectivity index (χ0n) is 15.4. The van der Waals surface area contributed by atoms with E-state index in [0.29, 0.717) is 0 Å². The molecular weight excluding hydrogens is 322 g/mol. The summed E-state index contributed by atoms with van der Waals surface area (Å²) < 4.78 is 0. The molecule has 26 heavy (non-hydrogen) atoms. The summed E-state index contributed by atoms with van der Waals surface area (Å²) in [5.74, 6) is 0.847. The van der Waals surface area contributed by atoms with Crippen molar-refractivity contribution >= 4 is 33.7 Å². The van der Waals surface area contributed by atoms with Gasteiger partial charge in [0.05, 0.1) is 0 Å². The van der Waals surface area contributed by atoms with Gasteiger partial charge in [-0.25, -0.2) is 4.98 Å². The molecule has 5 heteroatoms. The van der Waals surface area contributed by atoms with Gasteiger partial charge < -0.3 is 20.9 Å². The maximum Gasteiger partial charge on any atom is 0.138 e. The summed E-state index contributed by atoms with van der Waals surface area (Å²) in [6.07, 6.45) is 0. The first-order valence-electron chi connectivity index (χ1n) is 9.06. The number of nitrogens with zero attached hydrogens (tertiary/aromatic N) is 3. The highest BCUT2D eigenvalue weighted by atomic mass is 15.2. The van der Waals surface area contributed by atoms with Crippen LogP contribution in [0.15, 0.2) is 48.5 Å². The Morgan fingerprint density at radius 2 is 1.69 bits per heavy atom. The van der Waals surface area contributed by atoms with Gasteiger partial charge >= 0.3 is 0 Å². The number of pyridine rings is 1. The van der Waals surface area contributed by atoms with Crippen LogP contribution < -0.4 is 16.0 Å². The second-order valence-electron chi connectivity index (χ2n) is 7.02. The van der Waals surface area contributed by atoms with Crippen molar-refractivity contribution in [3.63, 3.8) is 0 Å². The number of nitrogen functional groups attached to an aromatic ring is 1. The number of hydrogen-bond acceptors (Lipinski definition) is 5. The van der Waals surface area contributed by atoms with E-state index in [2.05, 4.69) is 57.5 Å². The van der Waals surface area contributed by atoms with Crippen molar-refractivity contribution in [3.05, 3.63) is 54.2 Å². The van der Waals surface area contributed by atoms with Crippen LogP contribution in [0.3, 0.4) is 0 Å². The summed E-state index contributed by atoms with van der Waals surface area (Å²) in [6, 6.07) is 16.6. The lowest BCUT2D eigenvalue weighted by atomic mass is 10.1. The summed E-state index contributed by atoms with van der Waals surface area (Å²) in [7, 11) is 2.18. The smallest absolute Gasteiger partial charge is 0.138 e. The van der Waals surface area contributed by atoms with Crippen LogP contribution in [0.4, 0.5) is 22.9 Å². The number of nitrogens with one attached hydrogen (secondary N) is 1. The number of likely N-dealkylation sites (N-methyl/N-ethyl adjacent to an activating group) is 1. The van der Waals surface area contributed by atoms with Gasteiger partial charge in [0.1, 0.15) is 5.82 Å². The molecular formula is C21H25N5. The summed E-state index contributed by atoms with van der Waals surface area (Å²) in [6.45, 7) is 6.37. The van der Waals surface area contributed by atoms with Crippen molar-refractivity contribution in [1.29, 1.82) is 0 Å². The van der Waals surface area contributed by atoms with Gasteiger partial charge in [0.15, 0.2) is 0 Å². The normalized spacial score (nSPS) is 15.4. The average Bonchev–Trinajstić information content (AvgIpc) is 2.64. The lowest BCUT2D eigenvalue weighted by Gasteiger charge is -2.34. The fourth-order valence-electron chi connectivity index (χ4n) is 3.48. The Morgan fingerprint density at radius 1 is 0.962 bits per heavy atom. The molecule has 134 valence electrons. The maximum atomic E-state index is 6.14. The van der Waals surface area contributed by atoms with Gasteiger partial charge in [0, 0.05) is 59.7 Å². The van der Waals surface area contributed by atoms with Crippen LogP contribution in [0, 0.1) is 6.92 Å². The van der Waals surface area contributed by atoms with Gasteiger partial charge in [-0.1, -0.05) is 12.1 Å². The summed E-state index contributed by atoms with van der Waals surface area (Å²) in [5.41, 5.74) is 10.2. The van der Waals surface area contributed by atoms with Gasteiger partial charge in [-0.3, -0.25) is 0 Å². The van der Waals surface area contributed by atoms with Crippen LogP contribution >= 0.6 is 0 Å². The highest BCUT2D eigenvalue weighted by molar-refractivity contribution is 6.00. The third-order valence-corrected chi connectivity index (χ3v) is 5.03. The number of rotatable bonds is 3. The molecule has 0 amide bonds. The molecule has 1 saturated heterocycles. The van der Waals surface area contributed by atoms with Gasteiger partial charge in [0.25, 0.3) is 0 Å². The highest BCUT2D eigenvalue weighted by Gasteiger charge is 2.14. The van der Waals surface area contributed by atoms with Crippen LogP contribution in [0.25, 0.3) is 10.8 Å². The molecule has 3 N–H and O–H groups in total. The number of nitrogens with two attached hydrogens (primary N) is 1. The Balaban J connectivity index is 1.58. The minimum absolute atomic E-state index is 0.779. The van der Waals surface area contributed by atoms with E-state index in [4.69, 9.17) is 5.73 Å². The van der Waals surface area contributed by atoms with Gasteiger partial charge in [-0.15, -0.1) is 0 Å². The summed E-state index contributed by atoms with van der Waals surface area (Å²) in [4.78, 5) is 9.48. The van der Waals surface area contributed by atoms with Crippen molar-refractivity contribution in [2.75, 3.05) is 49.2 Å². The van der Waals surface area contributed by atoms with Crippen LogP contribution in [0.5, 0.6) is 0 Å². The van der Waals surface area contributed by atoms with Crippen molar-refractivity contribution in [2.45, 2.75) is 6.92 Å². The quantitative estimate of drug-likeness (QED) is 0.709. The monoisotopic (exact) mass is 347 g/mol. The van der Waals surface area contributed by atoms with Crippen LogP contribution in [-0.4, -0.2) is 43.1 Å². The fourth-order valence-corrected chi connectivity index (χ4v) is 3.48. The Bertz CT molecular complexity index is 912. The lowest BCUT2D eigenvalue weighted by molar-refractivity contribution is 0.313. The SMILES string of the molecule is Cc1cc2c(N)cccc2c(Nc2ccc(N3CCN(C)CC3)cc2)n1. The molecule has 1 aliphatic heterocycles. The zero-order valence-corrected chi connectivity index (χ0v) is 15.4. The zero-order chi connectivity index (χ0) is 18.1. The Kier molecular flexibility index (Phi) is 4.39. The van der Waals surface area contributed by atoms with Crippen LogP contribution in [0.2, 0.25) is 0 Å². The van der Waals surface area contributed by atoms with E-state index in [-0.39, 0.29) is 0 Å². The second-order valence-corrected chi connectivity index (χ2v) is 7.02. The fraction of sp³-hybridized carbons (Fsp3) is 0.286. The Labute approximate surface area is 154 Å². The van der Waals surface area contributed by atoms with Gasteiger partial charge in [-0.05, 0) is 50.4 Å². The largest absolute Gasteiger partial charge is 0.398 e. The Hall–Kier alpha value is -2.79.